The van der Waals surface area contributed by atoms with Crippen molar-refractivity contribution in [2.45, 2.75) is 17.7 Å². The number of nitrogens with zero attached hydrogens (tertiary/aromatic N) is 1. The molecule has 1 aromatic carbocycles. The predicted octanol–water partition coefficient (Wildman–Crippen LogP) is 1.58. The van der Waals surface area contributed by atoms with E-state index in [4.69, 9.17) is 4.74 Å². The van der Waals surface area contributed by atoms with Crippen LogP contribution in [-0.4, -0.2) is 58.0 Å². The number of carbonyl (C=O) groups excluding carboxylic acids is 1. The monoisotopic (exact) mass is 372 g/mol. The second kappa shape index (κ2) is 8.73. The van der Waals surface area contributed by atoms with Crippen LogP contribution in [0, 0.1) is 5.92 Å². The molecule has 0 radical (unpaired) electrons. The summed E-state index contributed by atoms with van der Waals surface area (Å²) in [4.78, 5) is 14.0. The van der Waals surface area contributed by atoms with Gasteiger partial charge < -0.3 is 9.64 Å². The van der Waals surface area contributed by atoms with Gasteiger partial charge in [0.1, 0.15) is 5.75 Å². The van der Waals surface area contributed by atoms with Gasteiger partial charge in [0, 0.05) is 19.6 Å². The molecule has 8 heteroatoms. The van der Waals surface area contributed by atoms with Crippen molar-refractivity contribution in [3.05, 3.63) is 24.3 Å². The molecule has 1 N–H and O–H groups in total. The molecule has 1 atom stereocenters. The molecule has 1 aromatic rings. The van der Waals surface area contributed by atoms with Crippen molar-refractivity contribution in [1.82, 2.24) is 9.62 Å². The van der Waals surface area contributed by atoms with Crippen LogP contribution in [0.15, 0.2) is 29.2 Å². The van der Waals surface area contributed by atoms with Crippen LogP contribution in [0.4, 0.5) is 0 Å². The third kappa shape index (κ3) is 5.12. The van der Waals surface area contributed by atoms with Gasteiger partial charge in [-0.3, -0.25) is 4.79 Å². The van der Waals surface area contributed by atoms with E-state index < -0.39 is 10.0 Å². The molecular weight excluding hydrogens is 348 g/mol. The third-order valence-electron chi connectivity index (χ3n) is 4.07. The molecule has 2 rings (SSSR count). The maximum Gasteiger partial charge on any atom is 0.240 e. The number of rotatable bonds is 7. The van der Waals surface area contributed by atoms with Crippen LogP contribution in [0.2, 0.25) is 0 Å². The van der Waals surface area contributed by atoms with Gasteiger partial charge in [0.2, 0.25) is 15.9 Å². The van der Waals surface area contributed by atoms with Crippen LogP contribution in [0.3, 0.4) is 0 Å². The van der Waals surface area contributed by atoms with Crippen molar-refractivity contribution >= 4 is 27.7 Å². The SMILES string of the molecule is COc1ccc(S(=O)(=O)NC[C@H]2CCCN(C(=O)CSC)C2)cc1. The van der Waals surface area contributed by atoms with Gasteiger partial charge in [-0.05, 0) is 49.3 Å². The zero-order valence-electron chi connectivity index (χ0n) is 14.0. The standard InChI is InChI=1S/C16H24N2O4S2/c1-22-14-5-7-15(8-6-14)24(20,21)17-10-13-4-3-9-18(11-13)16(19)12-23-2/h5-8,13,17H,3-4,9-12H2,1-2H3/t13-/m1/s1. The summed E-state index contributed by atoms with van der Waals surface area (Å²) in [6, 6.07) is 6.29. The first-order valence-corrected chi connectivity index (χ1v) is 10.7. The van der Waals surface area contributed by atoms with Gasteiger partial charge in [-0.2, -0.15) is 11.8 Å². The van der Waals surface area contributed by atoms with Crippen LogP contribution in [0.1, 0.15) is 12.8 Å². The molecule has 0 unspecified atom stereocenters. The number of benzene rings is 1. The highest BCUT2D eigenvalue weighted by Gasteiger charge is 2.25. The molecule has 0 bridgehead atoms. The Morgan fingerprint density at radius 3 is 2.71 bits per heavy atom. The third-order valence-corrected chi connectivity index (χ3v) is 6.05. The molecule has 1 heterocycles. The minimum atomic E-state index is -3.55. The minimum absolute atomic E-state index is 0.130. The van der Waals surface area contributed by atoms with E-state index in [-0.39, 0.29) is 16.7 Å². The predicted molar refractivity (Wildman–Crippen MR) is 95.9 cm³/mol. The summed E-state index contributed by atoms with van der Waals surface area (Å²) >= 11 is 1.51. The highest BCUT2D eigenvalue weighted by molar-refractivity contribution is 7.99. The Morgan fingerprint density at radius 2 is 2.08 bits per heavy atom. The summed E-state index contributed by atoms with van der Waals surface area (Å²) in [6.45, 7) is 1.73. The van der Waals surface area contributed by atoms with E-state index in [9.17, 15) is 13.2 Å². The van der Waals surface area contributed by atoms with Crippen LogP contribution < -0.4 is 9.46 Å². The normalized spacial score (nSPS) is 18.4. The number of amides is 1. The molecule has 1 aliphatic heterocycles. The van der Waals surface area contributed by atoms with E-state index in [1.807, 2.05) is 11.2 Å². The van der Waals surface area contributed by atoms with Crippen LogP contribution >= 0.6 is 11.8 Å². The number of thioether (sulfide) groups is 1. The van der Waals surface area contributed by atoms with Crippen molar-refractivity contribution in [3.8, 4) is 5.75 Å². The number of hydrogen-bond acceptors (Lipinski definition) is 5. The van der Waals surface area contributed by atoms with Crippen molar-refractivity contribution < 1.29 is 17.9 Å². The lowest BCUT2D eigenvalue weighted by Crippen LogP contribution is -2.44. The molecule has 6 nitrogen and oxygen atoms in total. The molecule has 1 fully saturated rings. The van der Waals surface area contributed by atoms with E-state index in [2.05, 4.69) is 4.72 Å². The molecular formula is C16H24N2O4S2. The minimum Gasteiger partial charge on any atom is -0.497 e. The first kappa shape index (κ1) is 19.1. The van der Waals surface area contributed by atoms with Crippen molar-refractivity contribution in [2.75, 3.05) is 38.8 Å². The van der Waals surface area contributed by atoms with Gasteiger partial charge in [0.25, 0.3) is 0 Å². The lowest BCUT2D eigenvalue weighted by atomic mass is 9.98. The molecule has 134 valence electrons. The Balaban J connectivity index is 1.92. The van der Waals surface area contributed by atoms with Crippen LogP contribution in [0.25, 0.3) is 0 Å². The van der Waals surface area contributed by atoms with E-state index >= 15 is 0 Å². The van der Waals surface area contributed by atoms with Gasteiger partial charge in [0.05, 0.1) is 17.8 Å². The molecule has 1 saturated heterocycles. The highest BCUT2D eigenvalue weighted by atomic mass is 32.2. The lowest BCUT2D eigenvalue weighted by molar-refractivity contribution is -0.130. The van der Waals surface area contributed by atoms with Gasteiger partial charge in [-0.25, -0.2) is 13.1 Å². The Hall–Kier alpha value is -1.25. The largest absolute Gasteiger partial charge is 0.497 e. The summed E-state index contributed by atoms with van der Waals surface area (Å²) < 4.78 is 32.4. The van der Waals surface area contributed by atoms with Crippen molar-refractivity contribution in [2.24, 2.45) is 5.92 Å². The van der Waals surface area contributed by atoms with Crippen LogP contribution in [-0.2, 0) is 14.8 Å². The Morgan fingerprint density at radius 1 is 1.38 bits per heavy atom. The van der Waals surface area contributed by atoms with E-state index in [0.717, 1.165) is 19.4 Å². The summed E-state index contributed by atoms with van der Waals surface area (Å²) in [5.41, 5.74) is 0. The average molecular weight is 373 g/mol. The van der Waals surface area contributed by atoms with E-state index in [0.29, 0.717) is 24.6 Å². The first-order chi connectivity index (χ1) is 11.5. The highest BCUT2D eigenvalue weighted by Crippen LogP contribution is 2.19. The first-order valence-electron chi connectivity index (χ1n) is 7.86. The topological polar surface area (TPSA) is 75.7 Å². The number of ether oxygens (including phenoxy) is 1. The van der Waals surface area contributed by atoms with Crippen molar-refractivity contribution in [1.29, 1.82) is 0 Å². The number of nitrogens with one attached hydrogen (secondary N) is 1. The maximum atomic E-state index is 12.4. The zero-order valence-corrected chi connectivity index (χ0v) is 15.7. The lowest BCUT2D eigenvalue weighted by Gasteiger charge is -2.32. The fraction of sp³-hybridized carbons (Fsp3) is 0.562. The smallest absolute Gasteiger partial charge is 0.240 e. The van der Waals surface area contributed by atoms with Gasteiger partial charge in [0.15, 0.2) is 0 Å². The fourth-order valence-electron chi connectivity index (χ4n) is 2.74. The number of methoxy groups -OCH3 is 1. The van der Waals surface area contributed by atoms with Gasteiger partial charge in [-0.1, -0.05) is 0 Å². The van der Waals surface area contributed by atoms with Crippen molar-refractivity contribution in [3.63, 3.8) is 0 Å². The molecule has 0 aliphatic carbocycles. The second-order valence-corrected chi connectivity index (χ2v) is 8.44. The molecule has 24 heavy (non-hydrogen) atoms. The van der Waals surface area contributed by atoms with E-state index in [1.165, 1.54) is 31.0 Å². The average Bonchev–Trinajstić information content (AvgIpc) is 2.60. The maximum absolute atomic E-state index is 12.4. The quantitative estimate of drug-likeness (QED) is 0.786. The number of sulfonamides is 1. The number of likely N-dealkylation sites (tertiary alicyclic amines) is 1. The molecule has 1 amide bonds. The summed E-state index contributed by atoms with van der Waals surface area (Å²) in [7, 11) is -2.01. The molecule has 1 aliphatic rings. The number of hydrogen-bond donors (Lipinski definition) is 1. The molecule has 0 saturated carbocycles. The second-order valence-electron chi connectivity index (χ2n) is 5.81. The number of piperidine rings is 1. The van der Waals surface area contributed by atoms with E-state index in [1.54, 1.807) is 12.1 Å². The summed E-state index contributed by atoms with van der Waals surface area (Å²) in [6.07, 6.45) is 3.74. The van der Waals surface area contributed by atoms with Crippen LogP contribution in [0.5, 0.6) is 5.75 Å². The van der Waals surface area contributed by atoms with Gasteiger partial charge in [-0.15, -0.1) is 0 Å². The molecule has 0 spiro atoms. The summed E-state index contributed by atoms with van der Waals surface area (Å²) in [5, 5.41) is 0. The van der Waals surface area contributed by atoms with Gasteiger partial charge >= 0.3 is 0 Å². The Kier molecular flexibility index (Phi) is 6.94. The zero-order chi connectivity index (χ0) is 17.6. The summed E-state index contributed by atoms with van der Waals surface area (Å²) in [5.74, 6) is 1.37. The fourth-order valence-corrected chi connectivity index (χ4v) is 4.28. The number of carbonyl (C=O) groups is 1. The molecule has 0 aromatic heterocycles. The Bertz CT molecular complexity index is 647. The Labute approximate surface area is 148 Å².